The van der Waals surface area contributed by atoms with Gasteiger partial charge in [0.25, 0.3) is 0 Å². The Morgan fingerprint density at radius 3 is 2.77 bits per heavy atom. The van der Waals surface area contributed by atoms with E-state index in [0.717, 1.165) is 6.07 Å². The first kappa shape index (κ1) is 16.7. The molecule has 2 N–H and O–H groups in total. The largest absolute Gasteiger partial charge is 0.433 e. The number of ether oxygens (including phenoxy) is 1. The van der Waals surface area contributed by atoms with Crippen LogP contribution in [0.25, 0.3) is 0 Å². The van der Waals surface area contributed by atoms with Crippen LogP contribution in [0.3, 0.4) is 0 Å². The summed E-state index contributed by atoms with van der Waals surface area (Å²) in [6.45, 7) is 2.77. The highest BCUT2D eigenvalue weighted by Gasteiger charge is 2.34. The molecule has 2 rings (SSSR count). The minimum atomic E-state index is -4.56. The zero-order valence-corrected chi connectivity index (χ0v) is 12.3. The monoisotopic (exact) mass is 317 g/mol. The molecule has 5 nitrogen and oxygen atoms in total. The highest BCUT2D eigenvalue weighted by Crippen LogP contribution is 2.30. The maximum absolute atomic E-state index is 12.8. The number of carbonyl (C=O) groups excluding carboxylic acids is 1. The first-order chi connectivity index (χ1) is 10.3. The number of nitrogens with one attached hydrogen (secondary N) is 2. The molecule has 0 aromatic carbocycles. The lowest BCUT2D eigenvalue weighted by Crippen LogP contribution is -2.36. The maximum Gasteiger partial charge on any atom is 0.433 e. The molecule has 1 aromatic heterocycles. The Morgan fingerprint density at radius 1 is 1.50 bits per heavy atom. The third-order valence-electron chi connectivity index (χ3n) is 3.48. The van der Waals surface area contributed by atoms with Gasteiger partial charge in [-0.2, -0.15) is 13.2 Å². The topological polar surface area (TPSA) is 63.2 Å². The van der Waals surface area contributed by atoms with Crippen molar-refractivity contribution in [3.8, 4) is 0 Å². The van der Waals surface area contributed by atoms with Gasteiger partial charge in [0, 0.05) is 12.7 Å². The van der Waals surface area contributed by atoms with E-state index in [4.69, 9.17) is 4.74 Å². The molecule has 0 spiro atoms. The number of alkyl halides is 3. The van der Waals surface area contributed by atoms with E-state index >= 15 is 0 Å². The van der Waals surface area contributed by atoms with Gasteiger partial charge < -0.3 is 15.4 Å². The Kier molecular flexibility index (Phi) is 5.02. The number of aromatic nitrogens is 1. The highest BCUT2D eigenvalue weighted by molar-refractivity contribution is 5.94. The van der Waals surface area contributed by atoms with Crippen molar-refractivity contribution in [1.29, 1.82) is 0 Å². The molecule has 2 atom stereocenters. The van der Waals surface area contributed by atoms with Gasteiger partial charge in [0.2, 0.25) is 5.91 Å². The normalized spacial score (nSPS) is 21.9. The van der Waals surface area contributed by atoms with Crippen LogP contribution in [-0.4, -0.2) is 30.6 Å². The van der Waals surface area contributed by atoms with Crippen LogP contribution in [0.2, 0.25) is 0 Å². The number of hydrogen-bond acceptors (Lipinski definition) is 4. The SMILES string of the molecule is COCc1ccc(C(F)(F)F)nc1NC(=O)[C@@H]1C[C@H](C)CN1. The van der Waals surface area contributed by atoms with Crippen LogP contribution >= 0.6 is 0 Å². The Hall–Kier alpha value is -1.67. The molecule has 8 heteroatoms. The van der Waals surface area contributed by atoms with Crippen LogP contribution < -0.4 is 10.6 Å². The number of rotatable bonds is 4. The smallest absolute Gasteiger partial charge is 0.380 e. The average Bonchev–Trinajstić information content (AvgIpc) is 2.86. The quantitative estimate of drug-likeness (QED) is 0.893. The molecule has 1 aliphatic rings. The molecule has 0 unspecified atom stereocenters. The highest BCUT2D eigenvalue weighted by atomic mass is 19.4. The predicted molar refractivity (Wildman–Crippen MR) is 74.2 cm³/mol. The van der Waals surface area contributed by atoms with E-state index < -0.39 is 17.9 Å². The Balaban J connectivity index is 2.21. The summed E-state index contributed by atoms with van der Waals surface area (Å²) in [6, 6.07) is 1.72. The van der Waals surface area contributed by atoms with Gasteiger partial charge in [-0.3, -0.25) is 4.79 Å². The number of methoxy groups -OCH3 is 1. The van der Waals surface area contributed by atoms with Gasteiger partial charge in [-0.25, -0.2) is 4.98 Å². The molecule has 122 valence electrons. The van der Waals surface area contributed by atoms with Crippen molar-refractivity contribution >= 4 is 11.7 Å². The van der Waals surface area contributed by atoms with Crippen molar-refractivity contribution in [2.75, 3.05) is 19.0 Å². The van der Waals surface area contributed by atoms with Crippen molar-refractivity contribution in [2.45, 2.75) is 32.2 Å². The number of hydrogen-bond donors (Lipinski definition) is 2. The van der Waals surface area contributed by atoms with E-state index in [1.807, 2.05) is 6.92 Å². The number of anilines is 1. The third kappa shape index (κ3) is 3.95. The fourth-order valence-corrected chi connectivity index (χ4v) is 2.34. The summed E-state index contributed by atoms with van der Waals surface area (Å²) in [5.41, 5.74) is -0.648. The van der Waals surface area contributed by atoms with Gasteiger partial charge in [0.15, 0.2) is 0 Å². The van der Waals surface area contributed by atoms with E-state index in [9.17, 15) is 18.0 Å². The molecule has 2 heterocycles. The van der Waals surface area contributed by atoms with Gasteiger partial charge in [0.1, 0.15) is 11.5 Å². The Labute approximate surface area is 126 Å². The first-order valence-corrected chi connectivity index (χ1v) is 6.91. The Morgan fingerprint density at radius 2 is 2.23 bits per heavy atom. The van der Waals surface area contributed by atoms with E-state index in [1.165, 1.54) is 13.2 Å². The molecular formula is C14H18F3N3O2. The second-order valence-corrected chi connectivity index (χ2v) is 5.43. The summed E-state index contributed by atoms with van der Waals surface area (Å²) in [7, 11) is 1.42. The van der Waals surface area contributed by atoms with Crippen molar-refractivity contribution in [1.82, 2.24) is 10.3 Å². The molecule has 1 fully saturated rings. The lowest BCUT2D eigenvalue weighted by atomic mass is 10.1. The lowest BCUT2D eigenvalue weighted by Gasteiger charge is -2.15. The fraction of sp³-hybridized carbons (Fsp3) is 0.571. The number of pyridine rings is 1. The Bertz CT molecular complexity index is 549. The summed E-state index contributed by atoms with van der Waals surface area (Å²) in [5.74, 6) is -0.139. The minimum Gasteiger partial charge on any atom is -0.380 e. The molecule has 0 saturated carbocycles. The van der Waals surface area contributed by atoms with Crippen LogP contribution in [0.5, 0.6) is 0 Å². The predicted octanol–water partition coefficient (Wildman–Crippen LogP) is 2.18. The summed E-state index contributed by atoms with van der Waals surface area (Å²) in [5, 5.41) is 5.51. The molecule has 1 aromatic rings. The fourth-order valence-electron chi connectivity index (χ4n) is 2.34. The van der Waals surface area contributed by atoms with E-state index in [0.29, 0.717) is 24.4 Å². The van der Waals surface area contributed by atoms with Gasteiger partial charge in [-0.05, 0) is 24.9 Å². The average molecular weight is 317 g/mol. The van der Waals surface area contributed by atoms with Gasteiger partial charge >= 0.3 is 6.18 Å². The van der Waals surface area contributed by atoms with Crippen LogP contribution in [-0.2, 0) is 22.3 Å². The molecule has 1 amide bonds. The molecular weight excluding hydrogens is 299 g/mol. The van der Waals surface area contributed by atoms with Gasteiger partial charge in [0.05, 0.1) is 12.6 Å². The summed E-state index contributed by atoms with van der Waals surface area (Å²) in [6.07, 6.45) is -3.92. The molecule has 0 aliphatic carbocycles. The van der Waals surface area contributed by atoms with Crippen LogP contribution in [0.15, 0.2) is 12.1 Å². The van der Waals surface area contributed by atoms with E-state index in [1.54, 1.807) is 0 Å². The number of nitrogens with zero attached hydrogens (tertiary/aromatic N) is 1. The summed E-state index contributed by atoms with van der Waals surface area (Å²) < 4.78 is 43.2. The molecule has 1 saturated heterocycles. The maximum atomic E-state index is 12.8. The van der Waals surface area contributed by atoms with Crippen molar-refractivity contribution < 1.29 is 22.7 Å². The minimum absolute atomic E-state index is 0.0647. The van der Waals surface area contributed by atoms with E-state index in [-0.39, 0.29) is 18.3 Å². The zero-order valence-electron chi connectivity index (χ0n) is 12.3. The second-order valence-electron chi connectivity index (χ2n) is 5.43. The van der Waals surface area contributed by atoms with Crippen molar-refractivity contribution in [2.24, 2.45) is 5.92 Å². The third-order valence-corrected chi connectivity index (χ3v) is 3.48. The van der Waals surface area contributed by atoms with Gasteiger partial charge in [-0.15, -0.1) is 0 Å². The number of carbonyl (C=O) groups is 1. The van der Waals surface area contributed by atoms with Crippen LogP contribution in [0.4, 0.5) is 19.0 Å². The van der Waals surface area contributed by atoms with Crippen molar-refractivity contribution in [3.63, 3.8) is 0 Å². The van der Waals surface area contributed by atoms with Crippen LogP contribution in [0, 0.1) is 5.92 Å². The van der Waals surface area contributed by atoms with E-state index in [2.05, 4.69) is 15.6 Å². The number of halogens is 3. The molecule has 1 aliphatic heterocycles. The van der Waals surface area contributed by atoms with Crippen LogP contribution in [0.1, 0.15) is 24.6 Å². The zero-order chi connectivity index (χ0) is 16.3. The molecule has 0 radical (unpaired) electrons. The lowest BCUT2D eigenvalue weighted by molar-refractivity contribution is -0.141. The van der Waals surface area contributed by atoms with Gasteiger partial charge in [-0.1, -0.05) is 13.0 Å². The molecule has 22 heavy (non-hydrogen) atoms. The standard InChI is InChI=1S/C14H18F3N3O2/c1-8-5-10(18-6-8)13(21)20-12-9(7-22-2)3-4-11(19-12)14(15,16)17/h3-4,8,10,18H,5-7H2,1-2H3,(H,19,20,21)/t8-,10-/m0/s1. The van der Waals surface area contributed by atoms with Crippen molar-refractivity contribution in [3.05, 3.63) is 23.4 Å². The first-order valence-electron chi connectivity index (χ1n) is 6.91. The second kappa shape index (κ2) is 6.62. The summed E-state index contributed by atoms with van der Waals surface area (Å²) >= 11 is 0. The summed E-state index contributed by atoms with van der Waals surface area (Å²) in [4.78, 5) is 15.7. The molecule has 0 bridgehead atoms. The number of amides is 1.